The molecule has 0 aliphatic heterocycles. The van der Waals surface area contributed by atoms with Crippen LogP contribution in [0.1, 0.15) is 30.4 Å². The number of hydrogen-bond donors (Lipinski definition) is 2. The van der Waals surface area contributed by atoms with E-state index >= 15 is 0 Å². The molecule has 0 atom stereocenters. The van der Waals surface area contributed by atoms with Crippen molar-refractivity contribution in [3.05, 3.63) is 59.7 Å². The number of carbonyl (C=O) groups is 2. The largest absolute Gasteiger partial charge is 0.491 e. The van der Waals surface area contributed by atoms with Gasteiger partial charge in [0.25, 0.3) is 0 Å². The van der Waals surface area contributed by atoms with Crippen molar-refractivity contribution in [1.29, 1.82) is 0 Å². The number of carboxylic acids is 1. The first-order chi connectivity index (χ1) is 13.1. The third-order valence-electron chi connectivity index (χ3n) is 5.46. The second-order valence-electron chi connectivity index (χ2n) is 7.68. The number of carboxylic acid groups (broad SMARTS) is 1. The Bertz CT molecular complexity index is 847. The Hall–Kier alpha value is -2.82. The summed E-state index contributed by atoms with van der Waals surface area (Å²) in [5.74, 6) is 0.0256. The minimum Gasteiger partial charge on any atom is -0.491 e. The van der Waals surface area contributed by atoms with E-state index in [-0.39, 0.29) is 12.3 Å². The van der Waals surface area contributed by atoms with Gasteiger partial charge in [-0.1, -0.05) is 36.4 Å². The molecule has 2 N–H and O–H groups in total. The molecule has 0 radical (unpaired) electrons. The molecule has 0 aromatic heterocycles. The molecule has 2 aromatic carbocycles. The molecule has 1 amide bonds. The third-order valence-corrected chi connectivity index (χ3v) is 5.46. The monoisotopic (exact) mass is 365 g/mol. The zero-order valence-electron chi connectivity index (χ0n) is 15.1. The van der Waals surface area contributed by atoms with Crippen molar-refractivity contribution >= 4 is 17.6 Å². The number of amides is 1. The van der Waals surface area contributed by atoms with E-state index in [0.29, 0.717) is 36.8 Å². The van der Waals surface area contributed by atoms with Crippen LogP contribution >= 0.6 is 0 Å². The molecule has 1 fully saturated rings. The molecule has 27 heavy (non-hydrogen) atoms. The molecular formula is C22H23NO4. The number of ether oxygens (including phenoxy) is 1. The molecule has 0 saturated heterocycles. The van der Waals surface area contributed by atoms with E-state index in [1.165, 1.54) is 12.8 Å². The summed E-state index contributed by atoms with van der Waals surface area (Å²) >= 11 is 0. The maximum Gasteiger partial charge on any atom is 0.310 e. The van der Waals surface area contributed by atoms with E-state index in [4.69, 9.17) is 4.74 Å². The van der Waals surface area contributed by atoms with Crippen LogP contribution in [-0.2, 0) is 22.4 Å². The molecule has 1 saturated carbocycles. The Morgan fingerprint density at radius 3 is 2.30 bits per heavy atom. The first-order valence-electron chi connectivity index (χ1n) is 9.38. The van der Waals surface area contributed by atoms with Gasteiger partial charge in [-0.2, -0.15) is 0 Å². The zero-order valence-corrected chi connectivity index (χ0v) is 15.1. The average Bonchev–Trinajstić information content (AvgIpc) is 3.39. The molecule has 0 spiro atoms. The van der Waals surface area contributed by atoms with Gasteiger partial charge in [-0.3, -0.25) is 9.59 Å². The van der Waals surface area contributed by atoms with Crippen LogP contribution in [0.25, 0.3) is 0 Å². The third kappa shape index (κ3) is 3.82. The van der Waals surface area contributed by atoms with Gasteiger partial charge in [-0.15, -0.1) is 0 Å². The summed E-state index contributed by atoms with van der Waals surface area (Å²) < 4.78 is 5.82. The van der Waals surface area contributed by atoms with Crippen molar-refractivity contribution in [1.82, 2.24) is 0 Å². The highest BCUT2D eigenvalue weighted by Crippen LogP contribution is 2.40. The van der Waals surface area contributed by atoms with Gasteiger partial charge in [0, 0.05) is 6.42 Å². The van der Waals surface area contributed by atoms with Gasteiger partial charge in [0.2, 0.25) is 5.91 Å². The van der Waals surface area contributed by atoms with Crippen molar-refractivity contribution in [2.75, 3.05) is 11.9 Å². The lowest BCUT2D eigenvalue weighted by Crippen LogP contribution is -2.36. The lowest BCUT2D eigenvalue weighted by Gasteiger charge is -2.23. The number of aliphatic carboxylic acids is 1. The summed E-state index contributed by atoms with van der Waals surface area (Å²) in [5.41, 5.74) is 1.54. The van der Waals surface area contributed by atoms with E-state index in [1.807, 2.05) is 42.5 Å². The van der Waals surface area contributed by atoms with Crippen LogP contribution in [0, 0.1) is 11.3 Å². The van der Waals surface area contributed by atoms with Crippen LogP contribution in [0.15, 0.2) is 48.5 Å². The fourth-order valence-electron chi connectivity index (χ4n) is 3.74. The number of para-hydroxylation sites is 2. The van der Waals surface area contributed by atoms with E-state index in [9.17, 15) is 14.7 Å². The van der Waals surface area contributed by atoms with Crippen LogP contribution in [0.5, 0.6) is 5.75 Å². The minimum atomic E-state index is -1.09. The van der Waals surface area contributed by atoms with Crippen molar-refractivity contribution in [2.45, 2.75) is 32.1 Å². The Balaban J connectivity index is 1.46. The van der Waals surface area contributed by atoms with Gasteiger partial charge in [0.1, 0.15) is 5.75 Å². The van der Waals surface area contributed by atoms with E-state index in [1.54, 1.807) is 6.07 Å². The second-order valence-corrected chi connectivity index (χ2v) is 7.68. The number of fused-ring (bicyclic) bond motifs is 1. The molecule has 0 bridgehead atoms. The molecule has 5 heteroatoms. The number of hydrogen-bond acceptors (Lipinski definition) is 3. The maximum absolute atomic E-state index is 12.7. The number of benzene rings is 2. The summed E-state index contributed by atoms with van der Waals surface area (Å²) in [6, 6.07) is 15.0. The average molecular weight is 365 g/mol. The maximum atomic E-state index is 12.7. The summed E-state index contributed by atoms with van der Waals surface area (Å²) in [6.45, 7) is 0.654. The topological polar surface area (TPSA) is 75.6 Å². The Morgan fingerprint density at radius 2 is 1.67 bits per heavy atom. The van der Waals surface area contributed by atoms with Gasteiger partial charge >= 0.3 is 5.97 Å². The predicted molar refractivity (Wildman–Crippen MR) is 102 cm³/mol. The number of anilines is 1. The molecule has 2 aliphatic rings. The molecule has 5 nitrogen and oxygen atoms in total. The van der Waals surface area contributed by atoms with Crippen LogP contribution in [0.3, 0.4) is 0 Å². The highest BCUT2D eigenvalue weighted by atomic mass is 16.5. The quantitative estimate of drug-likeness (QED) is 0.785. The first-order valence-corrected chi connectivity index (χ1v) is 9.38. The van der Waals surface area contributed by atoms with E-state index in [0.717, 1.165) is 11.1 Å². The van der Waals surface area contributed by atoms with Crippen molar-refractivity contribution in [3.8, 4) is 5.75 Å². The van der Waals surface area contributed by atoms with Gasteiger partial charge in [0.05, 0.1) is 17.7 Å². The first kappa shape index (κ1) is 17.6. The zero-order chi connectivity index (χ0) is 18.9. The van der Waals surface area contributed by atoms with E-state index < -0.39 is 11.4 Å². The number of carbonyl (C=O) groups excluding carboxylic acids is 1. The minimum absolute atomic E-state index is 0.0615. The summed E-state index contributed by atoms with van der Waals surface area (Å²) in [7, 11) is 0. The van der Waals surface area contributed by atoms with Gasteiger partial charge in [-0.05, 0) is 54.9 Å². The predicted octanol–water partition coefficient (Wildman–Crippen LogP) is 3.67. The molecule has 2 aromatic rings. The van der Waals surface area contributed by atoms with Crippen LogP contribution in [-0.4, -0.2) is 23.6 Å². The number of nitrogens with one attached hydrogen (secondary N) is 1. The van der Waals surface area contributed by atoms with Crippen molar-refractivity contribution in [2.24, 2.45) is 11.3 Å². The molecular weight excluding hydrogens is 342 g/mol. The Labute approximate surface area is 158 Å². The van der Waals surface area contributed by atoms with Gasteiger partial charge in [-0.25, -0.2) is 0 Å². The standard InChI is InChI=1S/C22H23NO4/c24-20(23-18-7-3-4-8-19(18)27-14-15-9-10-15)13-22(21(25)26)11-16-5-1-2-6-17(16)12-22/h1-8,15H,9-14H2,(H,23,24)(H,25,26). The van der Waals surface area contributed by atoms with Crippen LogP contribution < -0.4 is 10.1 Å². The summed E-state index contributed by atoms with van der Waals surface area (Å²) in [6.07, 6.45) is 3.08. The lowest BCUT2D eigenvalue weighted by atomic mass is 9.81. The highest BCUT2D eigenvalue weighted by molar-refractivity contribution is 5.95. The summed E-state index contributed by atoms with van der Waals surface area (Å²) in [4.78, 5) is 24.7. The van der Waals surface area contributed by atoms with Crippen LogP contribution in [0.2, 0.25) is 0 Å². The molecule has 140 valence electrons. The number of rotatable bonds is 7. The lowest BCUT2D eigenvalue weighted by molar-refractivity contribution is -0.150. The smallest absolute Gasteiger partial charge is 0.310 e. The normalized spacial score (nSPS) is 17.2. The summed E-state index contributed by atoms with van der Waals surface area (Å²) in [5, 5.41) is 12.7. The van der Waals surface area contributed by atoms with Gasteiger partial charge < -0.3 is 15.2 Å². The SMILES string of the molecule is O=C(CC1(C(=O)O)Cc2ccccc2C1)Nc1ccccc1OCC1CC1. The Morgan fingerprint density at radius 1 is 1.04 bits per heavy atom. The second kappa shape index (κ2) is 7.06. The molecule has 0 unspecified atom stereocenters. The van der Waals surface area contributed by atoms with Crippen molar-refractivity contribution < 1.29 is 19.4 Å². The van der Waals surface area contributed by atoms with Crippen molar-refractivity contribution in [3.63, 3.8) is 0 Å². The molecule has 0 heterocycles. The Kier molecular flexibility index (Phi) is 4.60. The fraction of sp³-hybridized carbons (Fsp3) is 0.364. The van der Waals surface area contributed by atoms with Gasteiger partial charge in [0.15, 0.2) is 0 Å². The molecule has 2 aliphatic carbocycles. The highest BCUT2D eigenvalue weighted by Gasteiger charge is 2.45. The fourth-order valence-corrected chi connectivity index (χ4v) is 3.74. The van der Waals surface area contributed by atoms with E-state index in [2.05, 4.69) is 5.32 Å². The molecule has 4 rings (SSSR count). The van der Waals surface area contributed by atoms with Crippen LogP contribution in [0.4, 0.5) is 5.69 Å².